The molecule has 4 heteroatoms. The number of ether oxygens (including phenoxy) is 2. The summed E-state index contributed by atoms with van der Waals surface area (Å²) in [5.41, 5.74) is 5.48. The van der Waals surface area contributed by atoms with Crippen LogP contribution in [0.5, 0.6) is 0 Å². The Hall–Kier alpha value is -0.420. The maximum Gasteiger partial charge on any atom is 0.201 e. The quantitative estimate of drug-likeness (QED) is 0.831. The van der Waals surface area contributed by atoms with E-state index in [4.69, 9.17) is 15.2 Å². The minimum atomic E-state index is -0.548. The van der Waals surface area contributed by atoms with Gasteiger partial charge in [-0.15, -0.1) is 11.3 Å². The summed E-state index contributed by atoms with van der Waals surface area (Å²) >= 11 is 1.66. The molecule has 2 rings (SSSR count). The average Bonchev–Trinajstić information content (AvgIpc) is 2.75. The summed E-state index contributed by atoms with van der Waals surface area (Å²) in [4.78, 5) is 1.12. The third-order valence-electron chi connectivity index (χ3n) is 2.39. The molecule has 2 heterocycles. The molecule has 1 aromatic rings. The molecule has 0 radical (unpaired) electrons. The van der Waals surface area contributed by atoms with Crippen molar-refractivity contribution in [2.45, 2.75) is 25.2 Å². The third kappa shape index (κ3) is 1.83. The van der Waals surface area contributed by atoms with E-state index in [1.165, 1.54) is 0 Å². The van der Waals surface area contributed by atoms with Crippen LogP contribution < -0.4 is 5.73 Å². The first-order valence-corrected chi connectivity index (χ1v) is 5.68. The first kappa shape index (κ1) is 10.1. The molecule has 0 bridgehead atoms. The lowest BCUT2D eigenvalue weighted by atomic mass is 10.2. The van der Waals surface area contributed by atoms with Crippen molar-refractivity contribution in [3.63, 3.8) is 0 Å². The summed E-state index contributed by atoms with van der Waals surface area (Å²) in [6, 6.07) is 4.05. The largest absolute Gasteiger partial charge is 0.343 e. The van der Waals surface area contributed by atoms with Gasteiger partial charge in [-0.05, 0) is 31.3 Å². The van der Waals surface area contributed by atoms with Crippen molar-refractivity contribution in [2.24, 2.45) is 5.73 Å². The van der Waals surface area contributed by atoms with Crippen molar-refractivity contribution in [1.29, 1.82) is 0 Å². The Morgan fingerprint density at radius 2 is 2.57 bits per heavy atom. The van der Waals surface area contributed by atoms with Crippen LogP contribution in [0.2, 0.25) is 0 Å². The monoisotopic (exact) mass is 213 g/mol. The van der Waals surface area contributed by atoms with Gasteiger partial charge in [-0.2, -0.15) is 0 Å². The highest BCUT2D eigenvalue weighted by molar-refractivity contribution is 7.10. The highest BCUT2D eigenvalue weighted by Crippen LogP contribution is 2.36. The Morgan fingerprint density at radius 1 is 1.71 bits per heavy atom. The molecule has 78 valence electrons. The molecule has 1 saturated heterocycles. The summed E-state index contributed by atoms with van der Waals surface area (Å²) in [5.74, 6) is -0.548. The fourth-order valence-corrected chi connectivity index (χ4v) is 2.41. The van der Waals surface area contributed by atoms with Crippen molar-refractivity contribution in [3.8, 4) is 0 Å². The minimum Gasteiger partial charge on any atom is -0.343 e. The second kappa shape index (κ2) is 3.98. The van der Waals surface area contributed by atoms with E-state index in [1.54, 1.807) is 11.3 Å². The van der Waals surface area contributed by atoms with Gasteiger partial charge in [0.25, 0.3) is 0 Å². The van der Waals surface area contributed by atoms with E-state index in [0.29, 0.717) is 13.2 Å². The molecule has 0 aliphatic carbocycles. The van der Waals surface area contributed by atoms with Crippen molar-refractivity contribution in [3.05, 3.63) is 22.4 Å². The van der Waals surface area contributed by atoms with Crippen LogP contribution in [0.15, 0.2) is 17.5 Å². The zero-order valence-electron chi connectivity index (χ0n) is 8.23. The molecule has 1 aliphatic rings. The van der Waals surface area contributed by atoms with Gasteiger partial charge in [0.1, 0.15) is 0 Å². The van der Waals surface area contributed by atoms with E-state index < -0.39 is 5.79 Å². The Kier molecular flexibility index (Phi) is 2.88. The van der Waals surface area contributed by atoms with Crippen molar-refractivity contribution in [1.82, 2.24) is 0 Å². The lowest BCUT2D eigenvalue weighted by Gasteiger charge is -2.21. The normalized spacial score (nSPS) is 32.3. The van der Waals surface area contributed by atoms with Gasteiger partial charge in [-0.3, -0.25) is 0 Å². The first-order valence-electron chi connectivity index (χ1n) is 4.80. The van der Waals surface area contributed by atoms with Crippen LogP contribution in [0.25, 0.3) is 0 Å². The molecule has 1 aliphatic heterocycles. The van der Waals surface area contributed by atoms with Gasteiger partial charge in [0, 0.05) is 0 Å². The zero-order valence-corrected chi connectivity index (χ0v) is 9.05. The number of nitrogens with two attached hydrogens (primary N) is 1. The summed E-state index contributed by atoms with van der Waals surface area (Å²) < 4.78 is 11.5. The SMILES string of the molecule is CC1(c2cccs2)OCC(CCN)O1. The summed E-state index contributed by atoms with van der Waals surface area (Å²) in [7, 11) is 0. The molecule has 1 aromatic heterocycles. The lowest BCUT2D eigenvalue weighted by Crippen LogP contribution is -2.23. The Labute approximate surface area is 87.8 Å². The maximum atomic E-state index is 5.84. The van der Waals surface area contributed by atoms with Crippen LogP contribution in [0.1, 0.15) is 18.2 Å². The maximum absolute atomic E-state index is 5.84. The highest BCUT2D eigenvalue weighted by Gasteiger charge is 2.39. The molecule has 0 amide bonds. The fourth-order valence-electron chi connectivity index (χ4n) is 1.63. The predicted molar refractivity (Wildman–Crippen MR) is 56.2 cm³/mol. The summed E-state index contributed by atoms with van der Waals surface area (Å²) in [5, 5.41) is 2.03. The standard InChI is InChI=1S/C10H15NO2S/c1-10(9-3-2-6-14-9)12-7-8(13-10)4-5-11/h2-3,6,8H,4-5,7,11H2,1H3. The summed E-state index contributed by atoms with van der Waals surface area (Å²) in [6.45, 7) is 3.26. The second-order valence-electron chi connectivity index (χ2n) is 3.55. The van der Waals surface area contributed by atoms with E-state index in [1.807, 2.05) is 24.4 Å². The fraction of sp³-hybridized carbons (Fsp3) is 0.600. The molecule has 14 heavy (non-hydrogen) atoms. The molecule has 2 atom stereocenters. The Bertz CT molecular complexity index is 288. The van der Waals surface area contributed by atoms with Crippen LogP contribution in [0, 0.1) is 0 Å². The van der Waals surface area contributed by atoms with E-state index >= 15 is 0 Å². The average molecular weight is 213 g/mol. The Balaban J connectivity index is 2.06. The van der Waals surface area contributed by atoms with Crippen LogP contribution in [-0.4, -0.2) is 19.3 Å². The van der Waals surface area contributed by atoms with Gasteiger partial charge in [-0.1, -0.05) is 6.07 Å². The van der Waals surface area contributed by atoms with Crippen LogP contribution in [-0.2, 0) is 15.3 Å². The van der Waals surface area contributed by atoms with Gasteiger partial charge >= 0.3 is 0 Å². The third-order valence-corrected chi connectivity index (χ3v) is 3.45. The molecular weight excluding hydrogens is 198 g/mol. The van der Waals surface area contributed by atoms with Gasteiger partial charge in [0.15, 0.2) is 0 Å². The molecule has 1 fully saturated rings. The number of hydrogen-bond acceptors (Lipinski definition) is 4. The van der Waals surface area contributed by atoms with Crippen LogP contribution >= 0.6 is 11.3 Å². The van der Waals surface area contributed by atoms with E-state index in [-0.39, 0.29) is 6.10 Å². The molecule has 0 spiro atoms. The molecule has 0 saturated carbocycles. The van der Waals surface area contributed by atoms with E-state index in [2.05, 4.69) is 0 Å². The van der Waals surface area contributed by atoms with Crippen LogP contribution in [0.4, 0.5) is 0 Å². The zero-order chi connectivity index (χ0) is 10.0. The minimum absolute atomic E-state index is 0.145. The lowest BCUT2D eigenvalue weighted by molar-refractivity contribution is -0.159. The van der Waals surface area contributed by atoms with Gasteiger partial charge in [-0.25, -0.2) is 0 Å². The number of thiophene rings is 1. The summed E-state index contributed by atoms with van der Waals surface area (Å²) in [6.07, 6.45) is 1.01. The highest BCUT2D eigenvalue weighted by atomic mass is 32.1. The van der Waals surface area contributed by atoms with Gasteiger partial charge in [0.05, 0.1) is 17.6 Å². The smallest absolute Gasteiger partial charge is 0.201 e. The van der Waals surface area contributed by atoms with Gasteiger partial charge in [0.2, 0.25) is 5.79 Å². The number of rotatable bonds is 3. The topological polar surface area (TPSA) is 44.5 Å². The predicted octanol–water partition coefficient (Wildman–Crippen LogP) is 1.69. The molecular formula is C10H15NO2S. The Morgan fingerprint density at radius 3 is 3.21 bits per heavy atom. The molecule has 2 N–H and O–H groups in total. The van der Waals surface area contributed by atoms with Crippen molar-refractivity contribution >= 4 is 11.3 Å². The first-order chi connectivity index (χ1) is 6.74. The van der Waals surface area contributed by atoms with Crippen molar-refractivity contribution < 1.29 is 9.47 Å². The second-order valence-corrected chi connectivity index (χ2v) is 4.50. The molecule has 0 aromatic carbocycles. The van der Waals surface area contributed by atoms with E-state index in [0.717, 1.165) is 11.3 Å². The molecule has 3 nitrogen and oxygen atoms in total. The molecule has 2 unspecified atom stereocenters. The van der Waals surface area contributed by atoms with Gasteiger partial charge < -0.3 is 15.2 Å². The van der Waals surface area contributed by atoms with E-state index in [9.17, 15) is 0 Å². The number of hydrogen-bond donors (Lipinski definition) is 1. The van der Waals surface area contributed by atoms with Crippen molar-refractivity contribution in [2.75, 3.05) is 13.2 Å². The van der Waals surface area contributed by atoms with Crippen LogP contribution in [0.3, 0.4) is 0 Å².